The number of alkyl halides is 3. The van der Waals surface area contributed by atoms with Gasteiger partial charge in [-0.2, -0.15) is 13.2 Å². The minimum Gasteiger partial charge on any atom is -0.481 e. The number of carbonyl (C=O) groups is 2. The van der Waals surface area contributed by atoms with Crippen LogP contribution >= 0.6 is 11.3 Å². The Labute approximate surface area is 255 Å². The summed E-state index contributed by atoms with van der Waals surface area (Å²) in [4.78, 5) is 44.0. The number of aromatic nitrogens is 3. The van der Waals surface area contributed by atoms with Crippen LogP contribution in [0.4, 0.5) is 28.5 Å². The Bertz CT molecular complexity index is 1500. The molecule has 2 fully saturated rings. The van der Waals surface area contributed by atoms with Gasteiger partial charge in [0.25, 0.3) is 5.91 Å². The Morgan fingerprint density at radius 2 is 1.89 bits per heavy atom. The Morgan fingerprint density at radius 1 is 1.09 bits per heavy atom. The zero-order valence-electron chi connectivity index (χ0n) is 24.3. The van der Waals surface area contributed by atoms with E-state index in [2.05, 4.69) is 37.0 Å². The van der Waals surface area contributed by atoms with Crippen molar-refractivity contribution in [2.45, 2.75) is 57.9 Å². The molecule has 1 amide bonds. The van der Waals surface area contributed by atoms with Gasteiger partial charge >= 0.3 is 12.1 Å². The maximum Gasteiger partial charge on any atom is 0.416 e. The zero-order valence-corrected chi connectivity index (χ0v) is 25.1. The topological polar surface area (TPSA) is 115 Å². The summed E-state index contributed by atoms with van der Waals surface area (Å²) in [6.45, 7) is 7.72. The quantitative estimate of drug-likeness (QED) is 0.314. The van der Waals surface area contributed by atoms with Crippen LogP contribution in [0.5, 0.6) is 0 Å². The minimum atomic E-state index is -4.73. The number of amides is 1. The number of piperazine rings is 1. The van der Waals surface area contributed by atoms with E-state index >= 15 is 0 Å². The third-order valence-electron chi connectivity index (χ3n) is 7.97. The molecule has 2 N–H and O–H groups in total. The molecule has 236 valence electrons. The Balaban J connectivity index is 1.32. The molecular formula is C29H33F4N7O3S. The molecule has 3 aromatic rings. The van der Waals surface area contributed by atoms with E-state index in [0.29, 0.717) is 49.5 Å². The highest BCUT2D eigenvalue weighted by molar-refractivity contribution is 7.16. The van der Waals surface area contributed by atoms with Gasteiger partial charge in [-0.15, -0.1) is 0 Å². The van der Waals surface area contributed by atoms with Gasteiger partial charge in [0.1, 0.15) is 17.3 Å². The highest BCUT2D eigenvalue weighted by Crippen LogP contribution is 2.38. The van der Waals surface area contributed by atoms with Crippen molar-refractivity contribution >= 4 is 34.2 Å². The maximum atomic E-state index is 14.3. The third-order valence-corrected chi connectivity index (χ3v) is 8.93. The molecule has 1 aromatic carbocycles. The van der Waals surface area contributed by atoms with Crippen LogP contribution in [-0.4, -0.2) is 86.5 Å². The summed E-state index contributed by atoms with van der Waals surface area (Å²) in [6, 6.07) is 2.66. The molecule has 2 atom stereocenters. The lowest BCUT2D eigenvalue weighted by atomic mass is 10.1. The molecule has 2 aromatic heterocycles. The number of hydrogen-bond acceptors (Lipinski definition) is 9. The van der Waals surface area contributed by atoms with E-state index < -0.39 is 29.4 Å². The number of thiazole rings is 1. The third kappa shape index (κ3) is 7.50. The molecule has 2 unspecified atom stereocenters. The predicted octanol–water partition coefficient (Wildman–Crippen LogP) is 4.98. The number of aliphatic carboxylic acids is 1. The number of benzene rings is 1. The van der Waals surface area contributed by atoms with Crippen molar-refractivity contribution in [3.8, 4) is 11.3 Å². The summed E-state index contributed by atoms with van der Waals surface area (Å²) in [6.07, 6.45) is 0.167. The molecule has 15 heteroatoms. The molecule has 4 heterocycles. The monoisotopic (exact) mass is 635 g/mol. The van der Waals surface area contributed by atoms with Crippen LogP contribution in [0.25, 0.3) is 11.3 Å². The number of hydrogen-bond donors (Lipinski definition) is 2. The van der Waals surface area contributed by atoms with Crippen molar-refractivity contribution in [2.75, 3.05) is 42.9 Å². The lowest BCUT2D eigenvalue weighted by Crippen LogP contribution is -2.52. The van der Waals surface area contributed by atoms with Crippen LogP contribution in [0.3, 0.4) is 0 Å². The van der Waals surface area contributed by atoms with Crippen molar-refractivity contribution in [2.24, 2.45) is 0 Å². The number of likely N-dealkylation sites (tertiary alicyclic amines) is 1. The molecule has 2 saturated heterocycles. The van der Waals surface area contributed by atoms with Crippen LogP contribution in [0.1, 0.15) is 54.0 Å². The van der Waals surface area contributed by atoms with Gasteiger partial charge in [0, 0.05) is 55.2 Å². The van der Waals surface area contributed by atoms with Gasteiger partial charge in [-0.05, 0) is 51.4 Å². The van der Waals surface area contributed by atoms with Crippen molar-refractivity contribution in [1.29, 1.82) is 0 Å². The Hall–Kier alpha value is -3.69. The first-order valence-electron chi connectivity index (χ1n) is 14.3. The number of carboxylic acids is 1. The number of carboxylic acid groups (broad SMARTS) is 1. The van der Waals surface area contributed by atoms with Crippen molar-refractivity contribution in [3.63, 3.8) is 0 Å². The summed E-state index contributed by atoms with van der Waals surface area (Å²) in [5.41, 5.74) is -0.916. The summed E-state index contributed by atoms with van der Waals surface area (Å²) in [5, 5.41) is 11.8. The average molecular weight is 636 g/mol. The minimum absolute atomic E-state index is 0.0164. The van der Waals surface area contributed by atoms with Crippen molar-refractivity contribution in [1.82, 2.24) is 24.8 Å². The Morgan fingerprint density at radius 3 is 2.52 bits per heavy atom. The van der Waals surface area contributed by atoms with Gasteiger partial charge in [0.05, 0.1) is 30.1 Å². The van der Waals surface area contributed by atoms with E-state index in [1.807, 2.05) is 11.8 Å². The fourth-order valence-electron chi connectivity index (χ4n) is 5.62. The van der Waals surface area contributed by atoms with E-state index in [4.69, 9.17) is 5.11 Å². The first kappa shape index (κ1) is 31.7. The molecule has 0 spiro atoms. The normalized spacial score (nSPS) is 19.8. The van der Waals surface area contributed by atoms with Crippen LogP contribution in [0, 0.1) is 5.82 Å². The largest absolute Gasteiger partial charge is 0.481 e. The van der Waals surface area contributed by atoms with Gasteiger partial charge < -0.3 is 10.0 Å². The molecule has 0 aliphatic carbocycles. The zero-order chi connectivity index (χ0) is 31.6. The standard InChI is InChI=1S/C29H33F4N7O3S/c1-17-4-3-6-39(17)16-23-26(19-10-20(29(31,32)33)12-21(30)11-19)36-28(44-23)37-27(43)22-13-35-24(14-34-22)40-9-8-38(15-18(40)2)7-5-25(41)42/h10-14,17-18H,3-9,15-16H2,1-2H3,(H,41,42)(H,36,37,43). The molecule has 10 nitrogen and oxygen atoms in total. The van der Waals surface area contributed by atoms with Crippen LogP contribution in [0.15, 0.2) is 30.6 Å². The van der Waals surface area contributed by atoms with Gasteiger partial charge in [-0.3, -0.25) is 24.7 Å². The number of nitrogens with one attached hydrogen (secondary N) is 1. The smallest absolute Gasteiger partial charge is 0.416 e. The number of carbonyl (C=O) groups excluding carboxylic acids is 1. The molecule has 0 bridgehead atoms. The molecule has 5 rings (SSSR count). The first-order chi connectivity index (χ1) is 20.9. The lowest BCUT2D eigenvalue weighted by molar-refractivity contribution is -0.138. The van der Waals surface area contributed by atoms with E-state index in [1.54, 1.807) is 0 Å². The Kier molecular flexibility index (Phi) is 9.46. The molecule has 44 heavy (non-hydrogen) atoms. The van der Waals surface area contributed by atoms with E-state index in [1.165, 1.54) is 12.4 Å². The highest BCUT2D eigenvalue weighted by Gasteiger charge is 2.33. The second kappa shape index (κ2) is 13.1. The van der Waals surface area contributed by atoms with Crippen LogP contribution in [0.2, 0.25) is 0 Å². The first-order valence-corrected chi connectivity index (χ1v) is 15.1. The second-order valence-corrected chi connectivity index (χ2v) is 12.3. The van der Waals surface area contributed by atoms with Gasteiger partial charge in [-0.25, -0.2) is 19.3 Å². The summed E-state index contributed by atoms with van der Waals surface area (Å²) >= 11 is 1.13. The van der Waals surface area contributed by atoms with Crippen molar-refractivity contribution in [3.05, 3.63) is 52.5 Å². The van der Waals surface area contributed by atoms with Crippen molar-refractivity contribution < 1.29 is 32.3 Å². The number of rotatable bonds is 9. The highest BCUT2D eigenvalue weighted by atomic mass is 32.1. The molecule has 0 radical (unpaired) electrons. The van der Waals surface area contributed by atoms with Crippen LogP contribution < -0.4 is 10.2 Å². The summed E-state index contributed by atoms with van der Waals surface area (Å²) in [7, 11) is 0. The predicted molar refractivity (Wildman–Crippen MR) is 157 cm³/mol. The lowest BCUT2D eigenvalue weighted by Gasteiger charge is -2.40. The number of nitrogens with zero attached hydrogens (tertiary/aromatic N) is 6. The van der Waals surface area contributed by atoms with E-state index in [9.17, 15) is 27.2 Å². The van der Waals surface area contributed by atoms with Crippen LogP contribution in [-0.2, 0) is 17.5 Å². The van der Waals surface area contributed by atoms with Gasteiger partial charge in [0.15, 0.2) is 5.13 Å². The summed E-state index contributed by atoms with van der Waals surface area (Å²) < 4.78 is 54.7. The van der Waals surface area contributed by atoms with E-state index in [0.717, 1.165) is 42.9 Å². The molecule has 2 aliphatic heterocycles. The molecule has 0 saturated carbocycles. The average Bonchev–Trinajstić information content (AvgIpc) is 3.56. The maximum absolute atomic E-state index is 14.3. The van der Waals surface area contributed by atoms with Gasteiger partial charge in [-0.1, -0.05) is 11.3 Å². The van der Waals surface area contributed by atoms with Gasteiger partial charge in [0.2, 0.25) is 0 Å². The number of halogens is 4. The second-order valence-electron chi connectivity index (χ2n) is 11.2. The SMILES string of the molecule is CC1CCCN1Cc1sc(NC(=O)c2cnc(N3CCN(CCC(=O)O)CC3C)cn2)nc1-c1cc(F)cc(C(F)(F)F)c1. The summed E-state index contributed by atoms with van der Waals surface area (Å²) in [5.74, 6) is -1.87. The molecular weight excluding hydrogens is 602 g/mol. The fourth-order valence-corrected chi connectivity index (χ4v) is 6.62. The number of anilines is 2. The van der Waals surface area contributed by atoms with E-state index in [-0.39, 0.29) is 40.6 Å². The fraction of sp³-hybridized carbons (Fsp3) is 0.483. The molecule has 2 aliphatic rings.